The van der Waals surface area contributed by atoms with Crippen LogP contribution in [0.3, 0.4) is 0 Å². The Morgan fingerprint density at radius 1 is 1.34 bits per heavy atom. The van der Waals surface area contributed by atoms with Crippen molar-refractivity contribution < 1.29 is 19.3 Å². The highest BCUT2D eigenvalue weighted by Gasteiger charge is 2.34. The van der Waals surface area contributed by atoms with E-state index in [0.29, 0.717) is 30.6 Å². The first kappa shape index (κ1) is 22.4. The number of amides is 1. The van der Waals surface area contributed by atoms with Gasteiger partial charge in [0.15, 0.2) is 0 Å². The molecule has 2 unspecified atom stereocenters. The highest BCUT2D eigenvalue weighted by Crippen LogP contribution is 2.27. The quantitative estimate of drug-likeness (QED) is 0.505. The van der Waals surface area contributed by atoms with E-state index in [-0.39, 0.29) is 18.0 Å². The van der Waals surface area contributed by atoms with E-state index in [9.17, 15) is 14.6 Å². The molecule has 0 spiro atoms. The fraction of sp³-hybridized carbons (Fsp3) is 0.333. The molecule has 1 radical (unpaired) electrons. The molecular formula is C24H27B2N2O4. The Kier molecular flexibility index (Phi) is 6.53. The molecule has 4 rings (SSSR count). The fourth-order valence-corrected chi connectivity index (χ4v) is 4.57. The fourth-order valence-electron chi connectivity index (χ4n) is 4.57. The van der Waals surface area contributed by atoms with Crippen molar-refractivity contribution in [3.63, 3.8) is 0 Å². The minimum absolute atomic E-state index is 0.184. The van der Waals surface area contributed by atoms with Crippen LogP contribution in [-0.2, 0) is 22.5 Å². The standard InChI is InChI=1S/C24H27B2N2O4/c1-4-16-5-6-17(9-22(16)25-3)15(2)28-12-20(11-21(28)13-29)27-24(30)18-7-8-19-14-32-26(31)23(19)10-18/h5-10,13,20-21,31H,2,4,11-12,14H2,1,3H3,(H,27,30). The molecule has 2 aromatic carbocycles. The predicted molar refractivity (Wildman–Crippen MR) is 127 cm³/mol. The molecule has 8 heteroatoms. The molecule has 0 aromatic heterocycles. The molecule has 2 N–H and O–H groups in total. The van der Waals surface area contributed by atoms with Gasteiger partial charge in [-0.15, -0.1) is 0 Å². The molecule has 0 saturated carbocycles. The zero-order chi connectivity index (χ0) is 22.8. The smallest absolute Gasteiger partial charge is 0.423 e. The number of carbonyl (C=O) groups excluding carboxylic acids is 2. The van der Waals surface area contributed by atoms with Crippen LogP contribution < -0.4 is 16.2 Å². The van der Waals surface area contributed by atoms with E-state index >= 15 is 0 Å². The first-order valence-corrected chi connectivity index (χ1v) is 11.0. The summed E-state index contributed by atoms with van der Waals surface area (Å²) in [4.78, 5) is 26.6. The minimum atomic E-state index is -0.994. The number of hydrogen-bond acceptors (Lipinski definition) is 5. The molecule has 1 saturated heterocycles. The Morgan fingerprint density at radius 3 is 2.84 bits per heavy atom. The van der Waals surface area contributed by atoms with E-state index in [1.807, 2.05) is 17.8 Å². The maximum absolute atomic E-state index is 12.8. The molecule has 0 aliphatic carbocycles. The summed E-state index contributed by atoms with van der Waals surface area (Å²) in [6.45, 7) is 9.24. The Morgan fingerprint density at radius 2 is 2.12 bits per heavy atom. The van der Waals surface area contributed by atoms with Crippen LogP contribution in [0.15, 0.2) is 43.0 Å². The summed E-state index contributed by atoms with van der Waals surface area (Å²) >= 11 is 0. The van der Waals surface area contributed by atoms with Crippen LogP contribution in [0.2, 0.25) is 6.82 Å². The van der Waals surface area contributed by atoms with E-state index in [1.54, 1.807) is 18.2 Å². The molecule has 6 nitrogen and oxygen atoms in total. The lowest BCUT2D eigenvalue weighted by molar-refractivity contribution is -0.110. The summed E-state index contributed by atoms with van der Waals surface area (Å²) in [6, 6.07) is 10.9. The molecule has 2 heterocycles. The van der Waals surface area contributed by atoms with Gasteiger partial charge in [-0.05, 0) is 41.6 Å². The summed E-state index contributed by atoms with van der Waals surface area (Å²) in [5.74, 6) is -0.232. The lowest BCUT2D eigenvalue weighted by Crippen LogP contribution is -2.37. The topological polar surface area (TPSA) is 78.9 Å². The van der Waals surface area contributed by atoms with E-state index in [0.717, 1.165) is 29.5 Å². The molecular weight excluding hydrogens is 402 g/mol. The van der Waals surface area contributed by atoms with Crippen molar-refractivity contribution in [2.75, 3.05) is 6.54 Å². The second-order valence-electron chi connectivity index (χ2n) is 8.34. The maximum atomic E-state index is 12.8. The van der Waals surface area contributed by atoms with Gasteiger partial charge in [0.2, 0.25) is 0 Å². The lowest BCUT2D eigenvalue weighted by atomic mass is 9.70. The van der Waals surface area contributed by atoms with Crippen LogP contribution in [0.25, 0.3) is 5.70 Å². The zero-order valence-corrected chi connectivity index (χ0v) is 18.5. The number of hydrogen-bond donors (Lipinski definition) is 2. The Bertz CT molecular complexity index is 1060. The Hall–Kier alpha value is -2.83. The average molecular weight is 429 g/mol. The number of fused-ring (bicyclic) bond motifs is 1. The Balaban J connectivity index is 1.47. The normalized spacial score (nSPS) is 19.6. The average Bonchev–Trinajstić information content (AvgIpc) is 3.40. The van der Waals surface area contributed by atoms with Crippen molar-refractivity contribution in [1.82, 2.24) is 10.2 Å². The number of rotatable bonds is 7. The van der Waals surface area contributed by atoms with Gasteiger partial charge in [0.1, 0.15) is 13.6 Å². The van der Waals surface area contributed by atoms with Crippen molar-refractivity contribution >= 4 is 43.2 Å². The lowest BCUT2D eigenvalue weighted by Gasteiger charge is -2.26. The van der Waals surface area contributed by atoms with Gasteiger partial charge in [-0.1, -0.05) is 55.6 Å². The van der Waals surface area contributed by atoms with E-state index < -0.39 is 7.12 Å². The van der Waals surface area contributed by atoms with Crippen molar-refractivity contribution in [2.45, 2.75) is 45.3 Å². The van der Waals surface area contributed by atoms with Crippen LogP contribution >= 0.6 is 0 Å². The van der Waals surface area contributed by atoms with Gasteiger partial charge in [-0.3, -0.25) is 4.79 Å². The predicted octanol–water partition coefficient (Wildman–Crippen LogP) is 0.887. The Labute approximate surface area is 190 Å². The third-order valence-corrected chi connectivity index (χ3v) is 6.42. The molecule has 2 aliphatic rings. The number of carbonyl (C=O) groups is 2. The number of aryl methyl sites for hydroxylation is 1. The largest absolute Gasteiger partial charge is 0.491 e. The first-order chi connectivity index (χ1) is 15.4. The third kappa shape index (κ3) is 4.25. The second-order valence-corrected chi connectivity index (χ2v) is 8.34. The van der Waals surface area contributed by atoms with E-state index in [1.165, 1.54) is 11.0 Å². The number of nitrogens with zero attached hydrogens (tertiary/aromatic N) is 1. The van der Waals surface area contributed by atoms with Gasteiger partial charge in [-0.2, -0.15) is 0 Å². The van der Waals surface area contributed by atoms with Crippen LogP contribution in [-0.4, -0.2) is 55.1 Å². The molecule has 2 aliphatic heterocycles. The summed E-state index contributed by atoms with van der Waals surface area (Å²) in [5.41, 5.74) is 6.17. The number of nitrogens with one attached hydrogen (secondary N) is 1. The molecule has 2 atom stereocenters. The van der Waals surface area contributed by atoms with E-state index in [2.05, 4.69) is 38.2 Å². The maximum Gasteiger partial charge on any atom is 0.491 e. The van der Waals surface area contributed by atoms with Crippen molar-refractivity contribution in [2.24, 2.45) is 0 Å². The summed E-state index contributed by atoms with van der Waals surface area (Å²) < 4.78 is 5.20. The van der Waals surface area contributed by atoms with Gasteiger partial charge in [0.05, 0.1) is 12.6 Å². The number of likely N-dealkylation sites (tertiary alicyclic amines) is 1. The summed E-state index contributed by atoms with van der Waals surface area (Å²) in [7, 11) is 1.09. The van der Waals surface area contributed by atoms with Gasteiger partial charge < -0.3 is 24.7 Å². The van der Waals surface area contributed by atoms with Crippen LogP contribution in [0, 0.1) is 0 Å². The number of aldehydes is 1. The van der Waals surface area contributed by atoms with Gasteiger partial charge in [0, 0.05) is 23.8 Å². The van der Waals surface area contributed by atoms with Crippen LogP contribution in [0.5, 0.6) is 0 Å². The molecule has 0 bridgehead atoms. The van der Waals surface area contributed by atoms with Crippen LogP contribution in [0.4, 0.5) is 0 Å². The molecule has 163 valence electrons. The van der Waals surface area contributed by atoms with Crippen LogP contribution in [0.1, 0.15) is 40.4 Å². The van der Waals surface area contributed by atoms with Gasteiger partial charge in [-0.25, -0.2) is 0 Å². The summed E-state index contributed by atoms with van der Waals surface area (Å²) in [6.07, 6.45) is 2.39. The van der Waals surface area contributed by atoms with Crippen molar-refractivity contribution in [1.29, 1.82) is 0 Å². The molecule has 32 heavy (non-hydrogen) atoms. The molecule has 2 aromatic rings. The number of benzene rings is 2. The van der Waals surface area contributed by atoms with Gasteiger partial charge in [0.25, 0.3) is 5.91 Å². The SMILES string of the molecule is C=C(c1ccc(CC)c([B]C)c1)N1CC(NC(=O)c2ccc3c(c2)B(O)OC3)CC1C=O. The van der Waals surface area contributed by atoms with Crippen molar-refractivity contribution in [3.05, 3.63) is 65.2 Å². The summed E-state index contributed by atoms with van der Waals surface area (Å²) in [5, 5.41) is 12.9. The highest BCUT2D eigenvalue weighted by atomic mass is 16.5. The van der Waals surface area contributed by atoms with Crippen molar-refractivity contribution in [3.8, 4) is 0 Å². The molecule has 1 amide bonds. The monoisotopic (exact) mass is 429 g/mol. The molecule has 1 fully saturated rings. The highest BCUT2D eigenvalue weighted by molar-refractivity contribution is 6.61. The first-order valence-electron chi connectivity index (χ1n) is 11.0. The zero-order valence-electron chi connectivity index (χ0n) is 18.5. The third-order valence-electron chi connectivity index (χ3n) is 6.42. The minimum Gasteiger partial charge on any atom is -0.423 e. The van der Waals surface area contributed by atoms with Gasteiger partial charge >= 0.3 is 7.12 Å². The van der Waals surface area contributed by atoms with E-state index in [4.69, 9.17) is 4.65 Å². The second kappa shape index (κ2) is 9.35.